The minimum atomic E-state index is -2.08. The lowest BCUT2D eigenvalue weighted by atomic mass is 9.98. The Balaban J connectivity index is 1.15. The fraction of sp³-hybridized carbons (Fsp3) is 0.451. The molecule has 726 valence electrons. The summed E-state index contributed by atoms with van der Waals surface area (Å²) in [6.07, 6.45) is -8.02. The van der Waals surface area contributed by atoms with Gasteiger partial charge in [-0.1, -0.05) is 125 Å². The summed E-state index contributed by atoms with van der Waals surface area (Å²) in [4.78, 5) is 270. The second-order valence-corrected chi connectivity index (χ2v) is 34.9. The molecule has 44 heteroatoms. The Kier molecular flexibility index (Phi) is 37.7. The zero-order valence-electron chi connectivity index (χ0n) is 74.9. The number of phenolic OH excluding ortho intramolecular Hbond substituents is 1. The Morgan fingerprint density at radius 1 is 0.496 bits per heavy atom. The monoisotopic (exact) mass is 1900 g/mol. The second kappa shape index (κ2) is 48.6. The number of primary amides is 3. The number of aromatic hydroxyl groups is 1. The molecule has 17 amide bonds. The first kappa shape index (κ1) is 105. The van der Waals surface area contributed by atoms with E-state index in [-0.39, 0.29) is 37.0 Å². The minimum absolute atomic E-state index is 0.164. The van der Waals surface area contributed by atoms with E-state index >= 15 is 51.9 Å². The molecule has 3 aliphatic rings. The number of thioether (sulfide) groups is 1. The van der Waals surface area contributed by atoms with Crippen molar-refractivity contribution >= 4 is 129 Å². The van der Waals surface area contributed by atoms with Crippen molar-refractivity contribution in [2.45, 2.75) is 201 Å². The van der Waals surface area contributed by atoms with Gasteiger partial charge in [-0.2, -0.15) is 0 Å². The third kappa shape index (κ3) is 29.0. The number of rotatable bonds is 24. The number of H-pyrrole nitrogens is 1. The first-order chi connectivity index (χ1) is 64.0. The molecule has 9 rings (SSSR count). The number of phenols is 1. The summed E-state index contributed by atoms with van der Waals surface area (Å²) >= 11 is 0.552. The lowest BCUT2D eigenvalue weighted by molar-refractivity contribution is -0.152. The normalized spacial score (nSPS) is 24.4. The van der Waals surface area contributed by atoms with Crippen molar-refractivity contribution in [2.75, 3.05) is 52.3 Å². The van der Waals surface area contributed by atoms with Gasteiger partial charge in [-0.15, -0.1) is 11.8 Å². The molecule has 3 fully saturated rings. The molecule has 3 saturated heterocycles. The number of aromatic nitrogens is 1. The van der Waals surface area contributed by atoms with E-state index in [1.54, 1.807) is 91.9 Å². The predicted octanol–water partition coefficient (Wildman–Crippen LogP) is -2.10. The van der Waals surface area contributed by atoms with Crippen LogP contribution in [0.2, 0.25) is 0 Å². The van der Waals surface area contributed by atoms with Gasteiger partial charge in [-0.25, -0.2) is 13.2 Å². The Labute approximate surface area is 778 Å². The van der Waals surface area contributed by atoms with E-state index in [2.05, 4.69) is 52.8 Å². The molecule has 0 unspecified atom stereocenters. The number of nitrogens with zero attached hydrogens (tertiary/aromatic N) is 5. The third-order valence-electron chi connectivity index (χ3n) is 23.4. The van der Waals surface area contributed by atoms with Gasteiger partial charge in [0.25, 0.3) is 0 Å². The highest BCUT2D eigenvalue weighted by Gasteiger charge is 2.48. The summed E-state index contributed by atoms with van der Waals surface area (Å²) in [7, 11) is 3.50. The van der Waals surface area contributed by atoms with Gasteiger partial charge < -0.3 is 115 Å². The fourth-order valence-electron chi connectivity index (χ4n) is 16.2. The van der Waals surface area contributed by atoms with E-state index in [1.165, 1.54) is 58.4 Å². The number of amides is 17. The van der Waals surface area contributed by atoms with Crippen molar-refractivity contribution in [1.29, 1.82) is 0 Å². The molecule has 0 spiro atoms. The number of nitrogens with one attached hydrogen (secondary N) is 10. The van der Waals surface area contributed by atoms with Crippen LogP contribution in [0.5, 0.6) is 5.75 Å². The van der Waals surface area contributed by atoms with Crippen LogP contribution in [0.3, 0.4) is 0 Å². The molecule has 5 aromatic carbocycles. The van der Waals surface area contributed by atoms with Gasteiger partial charge in [0.15, 0.2) is 17.5 Å². The van der Waals surface area contributed by atoms with Crippen LogP contribution in [-0.2, 0) is 118 Å². The van der Waals surface area contributed by atoms with Crippen molar-refractivity contribution < 1.29 is 120 Å². The van der Waals surface area contributed by atoms with Crippen LogP contribution < -0.4 is 65.1 Å². The van der Waals surface area contributed by atoms with Crippen molar-refractivity contribution in [2.24, 2.45) is 23.1 Å². The number of likely N-dealkylation sites (N-methyl/N-ethyl adjacent to an activating group) is 3. The lowest BCUT2D eigenvalue weighted by Gasteiger charge is -2.38. The number of fused-ring (bicyclic) bond motifs is 3. The number of carbonyl (C=O) groups excluding carboxylic acids is 17. The standard InChI is InChI=1S/C91H113F3N18O22S/c1-7-8-23-67-90(133)112-44-55(115)38-70(112)86(129)105-64(40-76(120)121)83(126)107-78(47(2)3)91(134)109(5)68(34-48-17-11-9-12-18-48)84(127)101-60(28-29-72(95)116)88(131)111-43-54(114)37-69(111)85(128)104-62(36-52-41-98-59-22-16-15-21-56(52)59)81(124)102-61(32-50-24-26-53(113)27-25-50)80(123)103-63(39-73(96)117)82(125)106-66(79(122)99-42-74(97)118)45-135-46-75(119)100-65(33-51-30-57(92)77(94)58(93)31-51)87(130)110(6)71(89(132)108(67)4)35-49-19-13-10-14-20-49/h9-22,24-27,30-31,41,47,54-55,60-71,78,98,113-115H,7-8,23,28-29,32-40,42-46H2,1-6H3,(H2,95,116)(H2,96,117)(H2,97,118)(H,99,122)(H,100,119)(H,101,127)(H,102,124)(H,103,123)(H,104,128)(H,105,129)(H,106,125)(H,107,126)(H,120,121)/t54-,55-,60+,61+,62+,63+,64+,65+,66+,67+,68+,69+,70-,71+,78+/m1/s1. The lowest BCUT2D eigenvalue weighted by Crippen LogP contribution is -2.62. The van der Waals surface area contributed by atoms with Gasteiger partial charge in [0.2, 0.25) is 100 Å². The van der Waals surface area contributed by atoms with Crippen molar-refractivity contribution in [3.8, 4) is 5.75 Å². The average Bonchev–Trinajstić information content (AvgIpc) is 1.68. The highest BCUT2D eigenvalue weighted by atomic mass is 32.2. The molecular formula is C91H113F3N18O22S. The van der Waals surface area contributed by atoms with E-state index < -0.39 is 315 Å². The summed E-state index contributed by atoms with van der Waals surface area (Å²) in [5, 5.41) is 66.3. The molecule has 0 aliphatic carbocycles. The topological polar surface area (TPSA) is 607 Å². The Hall–Kier alpha value is -14.0. The van der Waals surface area contributed by atoms with Crippen molar-refractivity contribution in [1.82, 2.24) is 77.3 Å². The van der Waals surface area contributed by atoms with Crippen LogP contribution in [0, 0.1) is 23.4 Å². The SMILES string of the molecule is CCCC[C@H]1C(=O)N2C[C@H](O)C[C@@H]2C(=O)N[C@@H](CC(=O)O)C(=O)N[C@@H](C(C)C)C(=O)N(C)[C@@H](Cc2ccccc2)C(=O)N[C@@H](CCC(N)=O)C(=O)N2C[C@H](O)C[C@H]2C(=O)N[C@@H](Cc2c[nH]c3ccccc23)C(=O)N[C@@H](Cc2ccc(O)cc2)C(=O)N[C@@H](CC(N)=O)C(=O)N[C@H](C(=O)NCC(N)=O)CSCC(=O)N[C@@H](Cc2cc(F)c(F)c(F)c2)C(=O)N(C)[C@@H](Cc2ccccc2)C(=O)N1C. The summed E-state index contributed by atoms with van der Waals surface area (Å²) in [6.45, 7) is 2.62. The van der Waals surface area contributed by atoms with E-state index in [0.29, 0.717) is 57.9 Å². The van der Waals surface area contributed by atoms with Gasteiger partial charge in [-0.3, -0.25) is 86.3 Å². The molecule has 135 heavy (non-hydrogen) atoms. The van der Waals surface area contributed by atoms with Gasteiger partial charge in [0.05, 0.1) is 37.3 Å². The van der Waals surface area contributed by atoms with Crippen LogP contribution in [0.4, 0.5) is 13.2 Å². The van der Waals surface area contributed by atoms with Crippen LogP contribution in [0.1, 0.15) is 106 Å². The number of aliphatic hydroxyl groups excluding tert-OH is 2. The molecule has 6 aromatic rings. The first-order valence-corrected chi connectivity index (χ1v) is 44.8. The van der Waals surface area contributed by atoms with Gasteiger partial charge in [0.1, 0.15) is 84.3 Å². The maximum atomic E-state index is 15.7. The average molecular weight is 1900 g/mol. The Morgan fingerprint density at radius 3 is 1.56 bits per heavy atom. The molecule has 0 bridgehead atoms. The highest BCUT2D eigenvalue weighted by molar-refractivity contribution is 8.00. The quantitative estimate of drug-likeness (QED) is 0.0289. The Morgan fingerprint density at radius 2 is 0.993 bits per heavy atom. The first-order valence-electron chi connectivity index (χ1n) is 43.7. The molecule has 1 aromatic heterocycles. The maximum absolute atomic E-state index is 15.7. The van der Waals surface area contributed by atoms with Gasteiger partial charge in [0, 0.05) is 108 Å². The number of hydrogen-bond donors (Lipinski definition) is 17. The van der Waals surface area contributed by atoms with E-state index in [1.807, 2.05) is 0 Å². The molecule has 4 heterocycles. The molecule has 3 aliphatic heterocycles. The second-order valence-electron chi connectivity index (χ2n) is 33.9. The van der Waals surface area contributed by atoms with Gasteiger partial charge >= 0.3 is 5.97 Å². The molecule has 0 radical (unpaired) electrons. The number of halogens is 3. The zero-order chi connectivity index (χ0) is 98.9. The number of carbonyl (C=O) groups is 18. The molecule has 40 nitrogen and oxygen atoms in total. The molecule has 20 N–H and O–H groups in total. The highest BCUT2D eigenvalue weighted by Crippen LogP contribution is 2.29. The van der Waals surface area contributed by atoms with Gasteiger partial charge in [-0.05, 0) is 76.9 Å². The van der Waals surface area contributed by atoms with E-state index in [0.717, 1.165) is 31.5 Å². The van der Waals surface area contributed by atoms with Crippen molar-refractivity contribution in [3.63, 3.8) is 0 Å². The number of aromatic amines is 1. The Bertz CT molecular complexity index is 5330. The number of para-hydroxylation sites is 1. The zero-order valence-corrected chi connectivity index (χ0v) is 75.8. The van der Waals surface area contributed by atoms with E-state index in [9.17, 15) is 68.0 Å². The van der Waals surface area contributed by atoms with E-state index in [4.69, 9.17) is 17.2 Å². The molecule has 0 saturated carbocycles. The summed E-state index contributed by atoms with van der Waals surface area (Å²) in [5.74, 6) is -29.0. The number of aliphatic hydroxyl groups is 2. The summed E-state index contributed by atoms with van der Waals surface area (Å²) in [5.41, 5.74) is 18.3. The number of carboxylic acids is 1. The molecular weight excluding hydrogens is 1790 g/mol. The van der Waals surface area contributed by atoms with Crippen LogP contribution in [0.15, 0.2) is 128 Å². The number of aliphatic carboxylic acids is 1. The number of hydrogen-bond acceptors (Lipinski definition) is 22. The maximum Gasteiger partial charge on any atom is 0.305 e. The fourth-order valence-corrected chi connectivity index (χ4v) is 17.1. The summed E-state index contributed by atoms with van der Waals surface area (Å²) in [6, 6.07) is 5.44. The number of benzene rings is 5. The number of carboxylic acid groups (broad SMARTS) is 1. The number of unbranched alkanes of at least 4 members (excludes halogenated alkanes) is 1. The number of nitrogens with two attached hydrogens (primary N) is 3. The largest absolute Gasteiger partial charge is 0.508 e. The minimum Gasteiger partial charge on any atom is -0.508 e. The smallest absolute Gasteiger partial charge is 0.305 e. The molecule has 15 atom stereocenters. The van der Waals surface area contributed by atoms with Crippen LogP contribution in [-0.4, -0.2) is 299 Å². The summed E-state index contributed by atoms with van der Waals surface area (Å²) < 4.78 is 45.0. The van der Waals surface area contributed by atoms with Crippen LogP contribution in [0.25, 0.3) is 10.9 Å². The third-order valence-corrected chi connectivity index (χ3v) is 24.5. The van der Waals surface area contributed by atoms with Crippen molar-refractivity contribution in [3.05, 3.63) is 173 Å². The van der Waals surface area contributed by atoms with Crippen LogP contribution >= 0.6 is 11.8 Å². The predicted molar refractivity (Wildman–Crippen MR) is 480 cm³/mol.